The van der Waals surface area contributed by atoms with Gasteiger partial charge in [-0.05, 0) is 61.9 Å². The molecule has 0 spiro atoms. The van der Waals surface area contributed by atoms with Gasteiger partial charge in [0.25, 0.3) is 0 Å². The SMILES string of the molecule is COCCCNC(CC(=O)Nc1ccc(-c2nc3ccc(C)cc3s2)cc1)C(=O)O. The van der Waals surface area contributed by atoms with Crippen molar-refractivity contribution in [3.05, 3.63) is 48.0 Å². The summed E-state index contributed by atoms with van der Waals surface area (Å²) in [7, 11) is 1.59. The molecule has 3 rings (SSSR count). The number of carbonyl (C=O) groups excluding carboxylic acids is 1. The molecule has 0 radical (unpaired) electrons. The second-order valence-corrected chi connectivity index (χ2v) is 8.04. The van der Waals surface area contributed by atoms with E-state index in [0.29, 0.717) is 25.3 Å². The number of carbonyl (C=O) groups is 2. The summed E-state index contributed by atoms with van der Waals surface area (Å²) in [6.07, 6.45) is 0.524. The Morgan fingerprint density at radius 3 is 2.67 bits per heavy atom. The van der Waals surface area contributed by atoms with Crippen molar-refractivity contribution in [3.63, 3.8) is 0 Å². The Labute approximate surface area is 179 Å². The molecule has 0 aliphatic carbocycles. The van der Waals surface area contributed by atoms with Gasteiger partial charge in [-0.3, -0.25) is 9.59 Å². The Morgan fingerprint density at radius 1 is 1.20 bits per heavy atom. The van der Waals surface area contributed by atoms with E-state index in [9.17, 15) is 14.7 Å². The molecule has 7 nitrogen and oxygen atoms in total. The van der Waals surface area contributed by atoms with Gasteiger partial charge in [-0.2, -0.15) is 0 Å². The zero-order valence-corrected chi connectivity index (χ0v) is 17.8. The fraction of sp³-hybridized carbons (Fsp3) is 0.318. The number of aromatic nitrogens is 1. The molecule has 0 aliphatic rings. The Balaban J connectivity index is 1.59. The minimum atomic E-state index is -1.05. The predicted octanol–water partition coefficient (Wildman–Crippen LogP) is 3.68. The summed E-state index contributed by atoms with van der Waals surface area (Å²) < 4.78 is 6.08. The Bertz CT molecular complexity index is 1020. The number of ether oxygens (including phenoxy) is 1. The smallest absolute Gasteiger partial charge is 0.321 e. The van der Waals surface area contributed by atoms with E-state index in [4.69, 9.17) is 4.74 Å². The summed E-state index contributed by atoms with van der Waals surface area (Å²) in [6, 6.07) is 12.6. The van der Waals surface area contributed by atoms with Crippen molar-refractivity contribution in [2.24, 2.45) is 0 Å². The van der Waals surface area contributed by atoms with Gasteiger partial charge in [-0.25, -0.2) is 4.98 Å². The van der Waals surface area contributed by atoms with Crippen LogP contribution in [0.2, 0.25) is 0 Å². The highest BCUT2D eigenvalue weighted by Gasteiger charge is 2.20. The van der Waals surface area contributed by atoms with Crippen LogP contribution in [-0.4, -0.2) is 48.3 Å². The fourth-order valence-corrected chi connectivity index (χ4v) is 4.06. The van der Waals surface area contributed by atoms with Gasteiger partial charge in [0.2, 0.25) is 5.91 Å². The maximum Gasteiger partial charge on any atom is 0.321 e. The van der Waals surface area contributed by atoms with Crippen molar-refractivity contribution in [2.45, 2.75) is 25.8 Å². The third-order valence-corrected chi connectivity index (χ3v) is 5.63. The molecule has 1 aromatic heterocycles. The number of amides is 1. The molecule has 30 heavy (non-hydrogen) atoms. The number of nitrogens with one attached hydrogen (secondary N) is 2. The van der Waals surface area contributed by atoms with Gasteiger partial charge in [0.1, 0.15) is 11.0 Å². The number of carboxylic acids is 1. The number of aliphatic carboxylic acids is 1. The minimum absolute atomic E-state index is 0.152. The van der Waals surface area contributed by atoms with Crippen LogP contribution in [0.25, 0.3) is 20.8 Å². The van der Waals surface area contributed by atoms with Crippen LogP contribution in [0.5, 0.6) is 0 Å². The van der Waals surface area contributed by atoms with Gasteiger partial charge in [-0.1, -0.05) is 6.07 Å². The van der Waals surface area contributed by atoms with Crippen molar-refractivity contribution in [1.29, 1.82) is 0 Å². The van der Waals surface area contributed by atoms with Crippen molar-refractivity contribution in [1.82, 2.24) is 10.3 Å². The van der Waals surface area contributed by atoms with E-state index in [1.54, 1.807) is 30.6 Å². The first-order valence-electron chi connectivity index (χ1n) is 9.69. The summed E-state index contributed by atoms with van der Waals surface area (Å²) in [5, 5.41) is 15.8. The Kier molecular flexibility index (Phi) is 7.51. The average Bonchev–Trinajstić information content (AvgIpc) is 3.13. The van der Waals surface area contributed by atoms with Crippen molar-refractivity contribution < 1.29 is 19.4 Å². The highest BCUT2D eigenvalue weighted by Crippen LogP contribution is 2.31. The number of anilines is 1. The maximum absolute atomic E-state index is 12.3. The van der Waals surface area contributed by atoms with Crippen LogP contribution in [0.4, 0.5) is 5.69 Å². The van der Waals surface area contributed by atoms with E-state index in [-0.39, 0.29) is 12.3 Å². The molecular formula is C22H25N3O4S. The summed E-state index contributed by atoms with van der Waals surface area (Å²) >= 11 is 1.63. The van der Waals surface area contributed by atoms with Crippen LogP contribution < -0.4 is 10.6 Å². The Morgan fingerprint density at radius 2 is 1.97 bits per heavy atom. The number of methoxy groups -OCH3 is 1. The molecular weight excluding hydrogens is 402 g/mol. The van der Waals surface area contributed by atoms with Gasteiger partial charge in [0, 0.05) is 25.0 Å². The number of nitrogens with zero attached hydrogens (tertiary/aromatic N) is 1. The van der Waals surface area contributed by atoms with Crippen molar-refractivity contribution in [2.75, 3.05) is 25.6 Å². The van der Waals surface area contributed by atoms with Crippen molar-refractivity contribution >= 4 is 39.1 Å². The predicted molar refractivity (Wildman–Crippen MR) is 119 cm³/mol. The third-order valence-electron chi connectivity index (χ3n) is 4.56. The van der Waals surface area contributed by atoms with E-state index in [2.05, 4.69) is 28.6 Å². The molecule has 0 aliphatic heterocycles. The lowest BCUT2D eigenvalue weighted by atomic mass is 10.1. The van der Waals surface area contributed by atoms with Crippen LogP contribution in [0.15, 0.2) is 42.5 Å². The van der Waals surface area contributed by atoms with Crippen LogP contribution in [-0.2, 0) is 14.3 Å². The maximum atomic E-state index is 12.3. The topological polar surface area (TPSA) is 101 Å². The number of hydrogen-bond donors (Lipinski definition) is 3. The molecule has 0 fully saturated rings. The van der Waals surface area contributed by atoms with Gasteiger partial charge >= 0.3 is 5.97 Å². The second kappa shape index (κ2) is 10.3. The molecule has 1 atom stereocenters. The molecule has 3 aromatic rings. The first-order chi connectivity index (χ1) is 14.5. The monoisotopic (exact) mass is 427 g/mol. The van der Waals surface area contributed by atoms with Crippen LogP contribution in [0.1, 0.15) is 18.4 Å². The molecule has 158 valence electrons. The van der Waals surface area contributed by atoms with E-state index in [0.717, 1.165) is 20.8 Å². The van der Waals surface area contributed by atoms with Gasteiger partial charge in [0.05, 0.1) is 16.6 Å². The standard InChI is InChI=1S/C22H25N3O4S/c1-14-4-9-17-19(12-14)30-21(25-17)15-5-7-16(8-6-15)24-20(26)13-18(22(27)28)23-10-3-11-29-2/h4-9,12,18,23H,3,10-11,13H2,1-2H3,(H,24,26)(H,27,28). The quantitative estimate of drug-likeness (QED) is 0.427. The summed E-state index contributed by atoms with van der Waals surface area (Å²) in [5.41, 5.74) is 3.75. The minimum Gasteiger partial charge on any atom is -0.480 e. The highest BCUT2D eigenvalue weighted by molar-refractivity contribution is 7.21. The molecule has 1 unspecified atom stereocenters. The van der Waals surface area contributed by atoms with Crippen LogP contribution in [0.3, 0.4) is 0 Å². The molecule has 2 aromatic carbocycles. The van der Waals surface area contributed by atoms with E-state index in [1.165, 1.54) is 5.56 Å². The van der Waals surface area contributed by atoms with Crippen LogP contribution in [0, 0.1) is 6.92 Å². The lowest BCUT2D eigenvalue weighted by Gasteiger charge is -2.14. The lowest BCUT2D eigenvalue weighted by Crippen LogP contribution is -2.40. The molecule has 0 saturated heterocycles. The largest absolute Gasteiger partial charge is 0.480 e. The number of rotatable bonds is 10. The molecule has 0 bridgehead atoms. The van der Waals surface area contributed by atoms with Gasteiger partial charge in [0.15, 0.2) is 0 Å². The summed E-state index contributed by atoms with van der Waals surface area (Å²) in [5.74, 6) is -1.41. The third kappa shape index (κ3) is 5.85. The fourth-order valence-electron chi connectivity index (χ4n) is 2.99. The summed E-state index contributed by atoms with van der Waals surface area (Å²) in [6.45, 7) is 3.06. The number of hydrogen-bond acceptors (Lipinski definition) is 6. The normalized spacial score (nSPS) is 12.1. The van der Waals surface area contributed by atoms with Gasteiger partial charge < -0.3 is 20.5 Å². The number of aryl methyl sites for hydroxylation is 1. The Hall–Kier alpha value is -2.81. The number of fused-ring (bicyclic) bond motifs is 1. The van der Waals surface area contributed by atoms with Crippen LogP contribution >= 0.6 is 11.3 Å². The number of thiazole rings is 1. The van der Waals surface area contributed by atoms with Crippen molar-refractivity contribution in [3.8, 4) is 10.6 Å². The summed E-state index contributed by atoms with van der Waals surface area (Å²) in [4.78, 5) is 28.3. The van der Waals surface area contributed by atoms with E-state index < -0.39 is 12.0 Å². The van der Waals surface area contributed by atoms with E-state index >= 15 is 0 Å². The highest BCUT2D eigenvalue weighted by atomic mass is 32.1. The average molecular weight is 428 g/mol. The molecule has 1 heterocycles. The molecule has 8 heteroatoms. The molecule has 0 saturated carbocycles. The van der Waals surface area contributed by atoms with E-state index in [1.807, 2.05) is 24.3 Å². The first kappa shape index (κ1) is 21.9. The zero-order valence-electron chi connectivity index (χ0n) is 17.0. The lowest BCUT2D eigenvalue weighted by molar-refractivity contribution is -0.141. The molecule has 3 N–H and O–H groups in total. The zero-order chi connectivity index (χ0) is 21.5. The number of carboxylic acid groups (broad SMARTS) is 1. The molecule has 1 amide bonds. The van der Waals surface area contributed by atoms with Gasteiger partial charge in [-0.15, -0.1) is 11.3 Å². The number of benzene rings is 2. The first-order valence-corrected chi connectivity index (χ1v) is 10.5. The second-order valence-electron chi connectivity index (χ2n) is 7.01.